The summed E-state index contributed by atoms with van der Waals surface area (Å²) in [6.45, 7) is 4.31. The van der Waals surface area contributed by atoms with E-state index in [2.05, 4.69) is 22.2 Å². The highest BCUT2D eigenvalue weighted by molar-refractivity contribution is 5.68. The second-order valence-corrected chi connectivity index (χ2v) is 2.99. The third-order valence-electron chi connectivity index (χ3n) is 1.71. The highest BCUT2D eigenvalue weighted by Gasteiger charge is 1.94. The lowest BCUT2D eigenvalue weighted by Crippen LogP contribution is -2.18. The molecular weight excluding hydrogens is 180 g/mol. The SMILES string of the molecule is CCCCCC/C=N/NC(=O)OCC. The first kappa shape index (κ1) is 12.9. The smallest absolute Gasteiger partial charge is 0.427 e. The Labute approximate surface area is 85.7 Å². The van der Waals surface area contributed by atoms with Crippen molar-refractivity contribution in [3.8, 4) is 0 Å². The monoisotopic (exact) mass is 200 g/mol. The van der Waals surface area contributed by atoms with Crippen LogP contribution in [-0.4, -0.2) is 18.9 Å². The largest absolute Gasteiger partial charge is 0.449 e. The van der Waals surface area contributed by atoms with Crippen LogP contribution < -0.4 is 5.43 Å². The molecule has 0 spiro atoms. The van der Waals surface area contributed by atoms with Crippen molar-refractivity contribution in [2.75, 3.05) is 6.61 Å². The molecule has 0 heterocycles. The van der Waals surface area contributed by atoms with E-state index >= 15 is 0 Å². The zero-order valence-corrected chi connectivity index (χ0v) is 9.08. The fourth-order valence-corrected chi connectivity index (χ4v) is 0.989. The molecule has 1 amide bonds. The van der Waals surface area contributed by atoms with Crippen LogP contribution >= 0.6 is 0 Å². The normalized spacial score (nSPS) is 10.4. The Hall–Kier alpha value is -1.06. The van der Waals surface area contributed by atoms with Gasteiger partial charge < -0.3 is 4.74 Å². The molecule has 0 aliphatic heterocycles. The highest BCUT2D eigenvalue weighted by Crippen LogP contribution is 2.00. The van der Waals surface area contributed by atoms with Gasteiger partial charge in [0.15, 0.2) is 0 Å². The Bertz CT molecular complexity index is 170. The van der Waals surface area contributed by atoms with Crippen LogP contribution in [0.25, 0.3) is 0 Å². The van der Waals surface area contributed by atoms with Gasteiger partial charge in [0.25, 0.3) is 0 Å². The number of carbonyl (C=O) groups excluding carboxylic acids is 1. The number of unbranched alkanes of at least 4 members (excludes halogenated alkanes) is 4. The summed E-state index contributed by atoms with van der Waals surface area (Å²) in [6.07, 6.45) is 6.98. The van der Waals surface area contributed by atoms with Gasteiger partial charge in [0.05, 0.1) is 6.61 Å². The minimum atomic E-state index is -0.489. The van der Waals surface area contributed by atoms with Crippen molar-refractivity contribution >= 4 is 12.3 Å². The van der Waals surface area contributed by atoms with Crippen LogP contribution in [0.15, 0.2) is 5.10 Å². The van der Waals surface area contributed by atoms with Crippen LogP contribution in [0.2, 0.25) is 0 Å². The van der Waals surface area contributed by atoms with Crippen LogP contribution in [0.5, 0.6) is 0 Å². The van der Waals surface area contributed by atoms with E-state index in [0.29, 0.717) is 6.61 Å². The lowest BCUT2D eigenvalue weighted by Gasteiger charge is -1.98. The molecule has 0 unspecified atom stereocenters. The van der Waals surface area contributed by atoms with Gasteiger partial charge in [-0.1, -0.05) is 26.2 Å². The molecule has 0 bridgehead atoms. The number of hydrogen-bond acceptors (Lipinski definition) is 3. The Kier molecular flexibility index (Phi) is 9.26. The molecule has 0 aromatic carbocycles. The van der Waals surface area contributed by atoms with Gasteiger partial charge in [-0.3, -0.25) is 0 Å². The second kappa shape index (κ2) is 10.0. The number of rotatable bonds is 7. The lowest BCUT2D eigenvalue weighted by atomic mass is 10.2. The average Bonchev–Trinajstić information content (AvgIpc) is 2.17. The van der Waals surface area contributed by atoms with Crippen molar-refractivity contribution in [1.29, 1.82) is 0 Å². The average molecular weight is 200 g/mol. The maximum atomic E-state index is 10.7. The molecule has 0 fully saturated rings. The Balaban J connectivity index is 3.22. The summed E-state index contributed by atoms with van der Waals surface area (Å²) >= 11 is 0. The summed E-state index contributed by atoms with van der Waals surface area (Å²) in [4.78, 5) is 10.7. The van der Waals surface area contributed by atoms with Gasteiger partial charge >= 0.3 is 6.09 Å². The summed E-state index contributed by atoms with van der Waals surface area (Å²) in [5.41, 5.74) is 2.28. The number of hydrazone groups is 1. The van der Waals surface area contributed by atoms with Crippen LogP contribution in [0.4, 0.5) is 4.79 Å². The van der Waals surface area contributed by atoms with Gasteiger partial charge in [0.2, 0.25) is 0 Å². The molecule has 0 aliphatic carbocycles. The maximum Gasteiger partial charge on any atom is 0.427 e. The minimum Gasteiger partial charge on any atom is -0.449 e. The van der Waals surface area contributed by atoms with Crippen molar-refractivity contribution in [3.05, 3.63) is 0 Å². The van der Waals surface area contributed by atoms with Crippen LogP contribution in [-0.2, 0) is 4.74 Å². The fraction of sp³-hybridized carbons (Fsp3) is 0.800. The molecule has 0 aromatic rings. The van der Waals surface area contributed by atoms with Gasteiger partial charge in [-0.25, -0.2) is 10.2 Å². The summed E-state index contributed by atoms with van der Waals surface area (Å²) in [6, 6.07) is 0. The molecule has 4 nitrogen and oxygen atoms in total. The standard InChI is InChI=1S/C10H20N2O2/c1-3-5-6-7-8-9-11-12-10(13)14-4-2/h9H,3-8H2,1-2H3,(H,12,13)/b11-9+. The first-order valence-corrected chi connectivity index (χ1v) is 5.25. The molecule has 0 atom stereocenters. The minimum absolute atomic E-state index is 0.373. The summed E-state index contributed by atoms with van der Waals surface area (Å²) in [7, 11) is 0. The quantitative estimate of drug-likeness (QED) is 0.390. The second-order valence-electron chi connectivity index (χ2n) is 2.99. The van der Waals surface area contributed by atoms with Crippen molar-refractivity contribution in [2.24, 2.45) is 5.10 Å². The van der Waals surface area contributed by atoms with Gasteiger partial charge in [-0.15, -0.1) is 0 Å². The fourth-order valence-electron chi connectivity index (χ4n) is 0.989. The third-order valence-corrected chi connectivity index (χ3v) is 1.71. The Morgan fingerprint density at radius 3 is 2.79 bits per heavy atom. The van der Waals surface area contributed by atoms with E-state index in [1.165, 1.54) is 19.3 Å². The van der Waals surface area contributed by atoms with Gasteiger partial charge in [-0.05, 0) is 19.8 Å². The number of nitrogens with one attached hydrogen (secondary N) is 1. The van der Waals surface area contributed by atoms with E-state index in [9.17, 15) is 4.79 Å². The molecule has 0 aliphatic rings. The molecule has 0 rings (SSSR count). The molecule has 1 N–H and O–H groups in total. The third kappa shape index (κ3) is 9.03. The number of carbonyl (C=O) groups is 1. The van der Waals surface area contributed by atoms with E-state index < -0.39 is 6.09 Å². The van der Waals surface area contributed by atoms with Crippen molar-refractivity contribution in [2.45, 2.75) is 46.0 Å². The molecule has 0 saturated heterocycles. The summed E-state index contributed by atoms with van der Waals surface area (Å²) in [5.74, 6) is 0. The first-order chi connectivity index (χ1) is 6.81. The molecule has 14 heavy (non-hydrogen) atoms. The van der Waals surface area contributed by atoms with E-state index in [1.807, 2.05) is 0 Å². The van der Waals surface area contributed by atoms with E-state index in [0.717, 1.165) is 12.8 Å². The molecule has 0 saturated carbocycles. The zero-order chi connectivity index (χ0) is 10.6. The van der Waals surface area contributed by atoms with Crippen LogP contribution in [0, 0.1) is 0 Å². The predicted octanol–water partition coefficient (Wildman–Crippen LogP) is 2.69. The summed E-state index contributed by atoms with van der Waals surface area (Å²) in [5, 5.41) is 3.74. The van der Waals surface area contributed by atoms with Crippen molar-refractivity contribution < 1.29 is 9.53 Å². The van der Waals surface area contributed by atoms with Crippen LogP contribution in [0.1, 0.15) is 46.0 Å². The number of ether oxygens (including phenoxy) is 1. The topological polar surface area (TPSA) is 50.7 Å². The van der Waals surface area contributed by atoms with Gasteiger partial charge in [-0.2, -0.15) is 5.10 Å². The Morgan fingerprint density at radius 1 is 1.36 bits per heavy atom. The van der Waals surface area contributed by atoms with Crippen molar-refractivity contribution in [3.63, 3.8) is 0 Å². The van der Waals surface area contributed by atoms with E-state index in [-0.39, 0.29) is 0 Å². The number of nitrogens with zero attached hydrogens (tertiary/aromatic N) is 1. The predicted molar refractivity (Wildman–Crippen MR) is 57.4 cm³/mol. The zero-order valence-electron chi connectivity index (χ0n) is 9.08. The summed E-state index contributed by atoms with van der Waals surface area (Å²) < 4.78 is 4.62. The highest BCUT2D eigenvalue weighted by atomic mass is 16.5. The first-order valence-electron chi connectivity index (χ1n) is 5.25. The molecule has 0 radical (unpaired) electrons. The molecule has 82 valence electrons. The van der Waals surface area contributed by atoms with Gasteiger partial charge in [0, 0.05) is 6.21 Å². The Morgan fingerprint density at radius 2 is 2.14 bits per heavy atom. The van der Waals surface area contributed by atoms with E-state index in [1.54, 1.807) is 13.1 Å². The van der Waals surface area contributed by atoms with Gasteiger partial charge in [0.1, 0.15) is 0 Å². The van der Waals surface area contributed by atoms with E-state index in [4.69, 9.17) is 0 Å². The molecule has 4 heteroatoms. The lowest BCUT2D eigenvalue weighted by molar-refractivity contribution is 0.152. The van der Waals surface area contributed by atoms with Crippen molar-refractivity contribution in [1.82, 2.24) is 5.43 Å². The maximum absolute atomic E-state index is 10.7. The van der Waals surface area contributed by atoms with Crippen LogP contribution in [0.3, 0.4) is 0 Å². The number of amides is 1. The molecular formula is C10H20N2O2. The number of hydrogen-bond donors (Lipinski definition) is 1. The molecule has 0 aromatic heterocycles.